The maximum Gasteiger partial charge on any atom is 0.181 e. The maximum atomic E-state index is 13.8. The van der Waals surface area contributed by atoms with E-state index in [1.165, 1.54) is 12.1 Å². The van der Waals surface area contributed by atoms with Gasteiger partial charge < -0.3 is 5.32 Å². The average molecular weight is 353 g/mol. The molecule has 0 aliphatic carbocycles. The molecule has 0 radical (unpaired) electrons. The van der Waals surface area contributed by atoms with E-state index in [1.807, 2.05) is 13.0 Å². The molecule has 2 heterocycles. The van der Waals surface area contributed by atoms with E-state index >= 15 is 0 Å². The van der Waals surface area contributed by atoms with E-state index in [0.29, 0.717) is 5.65 Å². The number of pyridine rings is 1. The Morgan fingerprint density at radius 1 is 1.29 bits per heavy atom. The highest BCUT2D eigenvalue weighted by Gasteiger charge is 2.12. The average Bonchev–Trinajstić information content (AvgIpc) is 2.85. The number of anilines is 1. The fourth-order valence-corrected chi connectivity index (χ4v) is 2.32. The Hall–Kier alpha value is -2.02. The first-order valence-corrected chi connectivity index (χ1v) is 7.02. The van der Waals surface area contributed by atoms with Gasteiger partial charge in [0.1, 0.15) is 0 Å². The van der Waals surface area contributed by atoms with Crippen LogP contribution in [-0.4, -0.2) is 15.2 Å². The molecule has 0 fully saturated rings. The molecule has 4 nitrogen and oxygen atoms in total. The number of H-pyrrole nitrogens is 1. The van der Waals surface area contributed by atoms with Crippen molar-refractivity contribution in [1.29, 1.82) is 0 Å². The molecule has 2 aromatic heterocycles. The summed E-state index contributed by atoms with van der Waals surface area (Å²) in [6, 6.07) is 4.88. The molecule has 0 aliphatic heterocycles. The van der Waals surface area contributed by atoms with Crippen LogP contribution in [-0.2, 0) is 6.54 Å². The smallest absolute Gasteiger partial charge is 0.181 e. The zero-order valence-electron chi connectivity index (χ0n) is 11.0. The van der Waals surface area contributed by atoms with Crippen LogP contribution >= 0.6 is 15.9 Å². The van der Waals surface area contributed by atoms with E-state index in [1.54, 1.807) is 6.20 Å². The quantitative estimate of drug-likeness (QED) is 0.702. The SMILES string of the molecule is Cc1[nH]nc2ncc(NCc3ccc(Br)c(F)c3F)cc12. The highest BCUT2D eigenvalue weighted by atomic mass is 79.9. The second kappa shape index (κ2) is 5.40. The van der Waals surface area contributed by atoms with E-state index in [-0.39, 0.29) is 16.6 Å². The zero-order valence-corrected chi connectivity index (χ0v) is 12.6. The van der Waals surface area contributed by atoms with E-state index < -0.39 is 11.6 Å². The number of halogens is 3. The Morgan fingerprint density at radius 3 is 2.90 bits per heavy atom. The standard InChI is InChI=1S/C14H11BrF2N4/c1-7-10-4-9(6-19-14(10)21-20-7)18-5-8-2-3-11(15)13(17)12(8)16/h2-4,6,18H,5H2,1H3,(H,19,20,21). The number of aryl methyl sites for hydroxylation is 1. The molecule has 21 heavy (non-hydrogen) atoms. The second-order valence-electron chi connectivity index (χ2n) is 4.63. The summed E-state index contributed by atoms with van der Waals surface area (Å²) in [4.78, 5) is 4.19. The number of hydrogen-bond donors (Lipinski definition) is 2. The molecule has 0 bridgehead atoms. The van der Waals surface area contributed by atoms with E-state index in [0.717, 1.165) is 16.8 Å². The summed E-state index contributed by atoms with van der Waals surface area (Å²) in [7, 11) is 0. The fourth-order valence-electron chi connectivity index (χ4n) is 2.02. The third-order valence-corrected chi connectivity index (χ3v) is 3.81. The van der Waals surface area contributed by atoms with Crippen LogP contribution in [0.1, 0.15) is 11.3 Å². The highest BCUT2D eigenvalue weighted by Crippen LogP contribution is 2.22. The molecule has 2 N–H and O–H groups in total. The molecule has 0 spiro atoms. The number of nitrogens with one attached hydrogen (secondary N) is 2. The largest absolute Gasteiger partial charge is 0.380 e. The third-order valence-electron chi connectivity index (χ3n) is 3.20. The lowest BCUT2D eigenvalue weighted by Gasteiger charge is -2.08. The molecular formula is C14H11BrF2N4. The summed E-state index contributed by atoms with van der Waals surface area (Å²) in [6.45, 7) is 2.06. The van der Waals surface area contributed by atoms with E-state index in [4.69, 9.17) is 0 Å². The Kier molecular flexibility index (Phi) is 3.59. The lowest BCUT2D eigenvalue weighted by atomic mass is 10.2. The summed E-state index contributed by atoms with van der Waals surface area (Å²) in [5, 5.41) is 10.8. The lowest BCUT2D eigenvalue weighted by molar-refractivity contribution is 0.496. The van der Waals surface area contributed by atoms with Gasteiger partial charge in [-0.25, -0.2) is 13.8 Å². The van der Waals surface area contributed by atoms with Crippen molar-refractivity contribution in [3.05, 3.63) is 51.8 Å². The number of nitrogens with zero attached hydrogens (tertiary/aromatic N) is 2. The first kappa shape index (κ1) is 13.9. The van der Waals surface area contributed by atoms with Crippen LogP contribution < -0.4 is 5.32 Å². The number of hydrogen-bond acceptors (Lipinski definition) is 3. The third kappa shape index (κ3) is 2.61. The van der Waals surface area contributed by atoms with Crippen LogP contribution in [0.4, 0.5) is 14.5 Å². The van der Waals surface area contributed by atoms with Crippen LogP contribution in [0.3, 0.4) is 0 Å². The molecule has 0 saturated carbocycles. The van der Waals surface area contributed by atoms with Gasteiger partial charge in [0.05, 0.1) is 16.4 Å². The Bertz CT molecular complexity index is 816. The lowest BCUT2D eigenvalue weighted by Crippen LogP contribution is -2.04. The number of aromatic amines is 1. The molecule has 3 rings (SSSR count). The van der Waals surface area contributed by atoms with Crippen LogP contribution in [0.2, 0.25) is 0 Å². The van der Waals surface area contributed by atoms with Crippen LogP contribution in [0.5, 0.6) is 0 Å². The number of rotatable bonds is 3. The molecule has 1 aromatic carbocycles. The van der Waals surface area contributed by atoms with Gasteiger partial charge in [-0.15, -0.1) is 0 Å². The van der Waals surface area contributed by atoms with Gasteiger partial charge in [0.15, 0.2) is 17.3 Å². The second-order valence-corrected chi connectivity index (χ2v) is 5.49. The minimum absolute atomic E-state index is 0.112. The minimum atomic E-state index is -0.881. The van der Waals surface area contributed by atoms with Gasteiger partial charge in [-0.2, -0.15) is 5.10 Å². The summed E-state index contributed by atoms with van der Waals surface area (Å²) < 4.78 is 27.3. The van der Waals surface area contributed by atoms with Crippen molar-refractivity contribution in [2.24, 2.45) is 0 Å². The minimum Gasteiger partial charge on any atom is -0.380 e. The predicted octanol–water partition coefficient (Wildman–Crippen LogP) is 3.92. The van der Waals surface area contributed by atoms with Crippen LogP contribution in [0, 0.1) is 18.6 Å². The van der Waals surface area contributed by atoms with Crippen molar-refractivity contribution in [3.63, 3.8) is 0 Å². The Labute approximate surface area is 127 Å². The summed E-state index contributed by atoms with van der Waals surface area (Å²) >= 11 is 2.95. The summed E-state index contributed by atoms with van der Waals surface area (Å²) in [5.74, 6) is -1.74. The Morgan fingerprint density at radius 2 is 2.10 bits per heavy atom. The van der Waals surface area contributed by atoms with Crippen molar-refractivity contribution in [2.75, 3.05) is 5.32 Å². The topological polar surface area (TPSA) is 53.6 Å². The highest BCUT2D eigenvalue weighted by molar-refractivity contribution is 9.10. The van der Waals surface area contributed by atoms with Crippen molar-refractivity contribution >= 4 is 32.7 Å². The van der Waals surface area contributed by atoms with Gasteiger partial charge in [-0.05, 0) is 35.0 Å². The van der Waals surface area contributed by atoms with Gasteiger partial charge in [-0.1, -0.05) is 6.07 Å². The van der Waals surface area contributed by atoms with Gasteiger partial charge in [0.25, 0.3) is 0 Å². The molecule has 3 aromatic rings. The van der Waals surface area contributed by atoms with Gasteiger partial charge in [0, 0.05) is 23.2 Å². The van der Waals surface area contributed by atoms with E-state index in [2.05, 4.69) is 36.4 Å². The molecule has 7 heteroatoms. The molecule has 108 valence electrons. The van der Waals surface area contributed by atoms with Crippen molar-refractivity contribution in [3.8, 4) is 0 Å². The molecule has 0 unspecified atom stereocenters. The zero-order chi connectivity index (χ0) is 15.0. The normalized spacial score (nSPS) is 11.0. The molecule has 0 saturated heterocycles. The fraction of sp³-hybridized carbons (Fsp3) is 0.143. The first-order valence-electron chi connectivity index (χ1n) is 6.23. The van der Waals surface area contributed by atoms with Crippen molar-refractivity contribution < 1.29 is 8.78 Å². The summed E-state index contributed by atoms with van der Waals surface area (Å²) in [5.41, 5.74) is 2.50. The van der Waals surface area contributed by atoms with Crippen molar-refractivity contribution in [1.82, 2.24) is 15.2 Å². The van der Waals surface area contributed by atoms with Gasteiger partial charge >= 0.3 is 0 Å². The van der Waals surface area contributed by atoms with Crippen molar-refractivity contribution in [2.45, 2.75) is 13.5 Å². The summed E-state index contributed by atoms with van der Waals surface area (Å²) in [6.07, 6.45) is 1.61. The van der Waals surface area contributed by atoms with Gasteiger partial charge in [-0.3, -0.25) is 5.10 Å². The maximum absolute atomic E-state index is 13.8. The molecule has 0 atom stereocenters. The van der Waals surface area contributed by atoms with Gasteiger partial charge in [0.2, 0.25) is 0 Å². The molecular weight excluding hydrogens is 342 g/mol. The molecule has 0 aliphatic rings. The molecule has 0 amide bonds. The first-order chi connectivity index (χ1) is 10.1. The number of fused-ring (bicyclic) bond motifs is 1. The van der Waals surface area contributed by atoms with E-state index in [9.17, 15) is 8.78 Å². The predicted molar refractivity (Wildman–Crippen MR) is 80.0 cm³/mol. The Balaban J connectivity index is 1.83. The van der Waals surface area contributed by atoms with Crippen LogP contribution in [0.15, 0.2) is 28.9 Å². The number of aromatic nitrogens is 3. The number of benzene rings is 1. The monoisotopic (exact) mass is 352 g/mol. The van der Waals surface area contributed by atoms with Crippen LogP contribution in [0.25, 0.3) is 11.0 Å².